The van der Waals surface area contributed by atoms with E-state index in [1.54, 1.807) is 29.2 Å². The van der Waals surface area contributed by atoms with Gasteiger partial charge in [-0.05, 0) is 54.2 Å². The van der Waals surface area contributed by atoms with E-state index in [1.807, 2.05) is 12.3 Å². The van der Waals surface area contributed by atoms with Gasteiger partial charge >= 0.3 is 5.97 Å². The number of ether oxygens (including phenoxy) is 1. The van der Waals surface area contributed by atoms with Crippen LogP contribution in [0.2, 0.25) is 0 Å². The van der Waals surface area contributed by atoms with Crippen molar-refractivity contribution >= 4 is 5.97 Å². The molecule has 4 atom stereocenters. The zero-order chi connectivity index (χ0) is 16.9. The topological polar surface area (TPSA) is 57.0 Å². The van der Waals surface area contributed by atoms with E-state index >= 15 is 0 Å². The van der Waals surface area contributed by atoms with Crippen LogP contribution in [0.15, 0.2) is 36.8 Å². The second-order valence-electron chi connectivity index (χ2n) is 7.75. The van der Waals surface area contributed by atoms with Crippen LogP contribution < -0.4 is 0 Å². The number of hydrogen-bond donors (Lipinski definition) is 0. The molecule has 5 heteroatoms. The highest BCUT2D eigenvalue weighted by Gasteiger charge is 2.57. The monoisotopic (exact) mass is 325 g/mol. The Bertz CT molecular complexity index is 736. The normalized spacial score (nSPS) is 30.5. The molecule has 4 unspecified atom stereocenters. The molecule has 3 fully saturated rings. The van der Waals surface area contributed by atoms with Gasteiger partial charge in [0.2, 0.25) is 0 Å². The van der Waals surface area contributed by atoms with Crippen LogP contribution in [0.3, 0.4) is 0 Å². The summed E-state index contributed by atoms with van der Waals surface area (Å²) in [5, 5.41) is 4.13. The summed E-state index contributed by atoms with van der Waals surface area (Å²) in [5.74, 6) is 2.17. The van der Waals surface area contributed by atoms with Crippen molar-refractivity contribution in [3.8, 4) is 5.82 Å². The maximum atomic E-state index is 12.5. The van der Waals surface area contributed by atoms with Crippen molar-refractivity contribution in [2.45, 2.75) is 39.7 Å². The van der Waals surface area contributed by atoms with E-state index in [4.69, 9.17) is 4.74 Å². The summed E-state index contributed by atoms with van der Waals surface area (Å²) in [6.07, 6.45) is 7.37. The molecule has 0 N–H and O–H groups in total. The van der Waals surface area contributed by atoms with E-state index in [0.717, 1.165) is 6.42 Å². The lowest BCUT2D eigenvalue weighted by Gasteiger charge is -2.61. The van der Waals surface area contributed by atoms with Crippen molar-refractivity contribution in [2.24, 2.45) is 23.2 Å². The molecule has 2 aromatic rings. The summed E-state index contributed by atoms with van der Waals surface area (Å²) in [6.45, 7) is 6.91. The Hall–Kier alpha value is -2.17. The fourth-order valence-corrected chi connectivity index (χ4v) is 4.51. The van der Waals surface area contributed by atoms with Crippen LogP contribution in [0, 0.1) is 23.2 Å². The third kappa shape index (κ3) is 2.34. The first-order valence-corrected chi connectivity index (χ1v) is 8.64. The maximum absolute atomic E-state index is 12.5. The molecule has 0 radical (unpaired) electrons. The van der Waals surface area contributed by atoms with Crippen molar-refractivity contribution < 1.29 is 9.53 Å². The lowest BCUT2D eigenvalue weighted by atomic mass is 9.45. The van der Waals surface area contributed by atoms with Crippen LogP contribution in [0.4, 0.5) is 0 Å². The van der Waals surface area contributed by atoms with Gasteiger partial charge in [0.15, 0.2) is 5.82 Å². The zero-order valence-electron chi connectivity index (χ0n) is 14.3. The van der Waals surface area contributed by atoms with Gasteiger partial charge < -0.3 is 4.74 Å². The Morgan fingerprint density at radius 1 is 1.33 bits per heavy atom. The molecular weight excluding hydrogens is 302 g/mol. The minimum Gasteiger partial charge on any atom is -0.458 e. The molecule has 126 valence electrons. The average molecular weight is 325 g/mol. The number of aromatic nitrogens is 3. The molecule has 2 aromatic heterocycles. The molecule has 3 aliphatic rings. The highest BCUT2D eigenvalue weighted by molar-refractivity contribution is 5.89. The van der Waals surface area contributed by atoms with Crippen molar-refractivity contribution in [2.75, 3.05) is 0 Å². The third-order valence-corrected chi connectivity index (χ3v) is 6.27. The quantitative estimate of drug-likeness (QED) is 0.811. The Morgan fingerprint density at radius 2 is 2.17 bits per heavy atom. The van der Waals surface area contributed by atoms with Crippen molar-refractivity contribution in [3.63, 3.8) is 0 Å². The van der Waals surface area contributed by atoms with Gasteiger partial charge in [0, 0.05) is 18.6 Å². The van der Waals surface area contributed by atoms with Gasteiger partial charge in [0.1, 0.15) is 6.10 Å². The minimum absolute atomic E-state index is 0.0278. The summed E-state index contributed by atoms with van der Waals surface area (Å²) in [4.78, 5) is 16.8. The number of nitrogens with zero attached hydrogens (tertiary/aromatic N) is 3. The van der Waals surface area contributed by atoms with Gasteiger partial charge in [0.25, 0.3) is 0 Å². The van der Waals surface area contributed by atoms with Gasteiger partial charge in [0.05, 0.1) is 5.56 Å². The molecular formula is C19H23N3O2. The summed E-state index contributed by atoms with van der Waals surface area (Å²) >= 11 is 0. The number of carbonyl (C=O) groups is 1. The van der Waals surface area contributed by atoms with Crippen LogP contribution in [-0.4, -0.2) is 26.8 Å². The highest BCUT2D eigenvalue weighted by atomic mass is 16.5. The number of carbonyl (C=O) groups excluding carboxylic acids is 1. The van der Waals surface area contributed by atoms with Gasteiger partial charge in [-0.1, -0.05) is 20.8 Å². The van der Waals surface area contributed by atoms with Crippen LogP contribution in [0.1, 0.15) is 44.0 Å². The van der Waals surface area contributed by atoms with Crippen LogP contribution >= 0.6 is 0 Å². The van der Waals surface area contributed by atoms with Gasteiger partial charge in [-0.3, -0.25) is 0 Å². The van der Waals surface area contributed by atoms with Gasteiger partial charge in [-0.25, -0.2) is 14.5 Å². The highest BCUT2D eigenvalue weighted by Crippen LogP contribution is 2.61. The van der Waals surface area contributed by atoms with E-state index in [-0.39, 0.29) is 12.1 Å². The molecule has 0 aromatic carbocycles. The second-order valence-corrected chi connectivity index (χ2v) is 7.75. The first kappa shape index (κ1) is 15.4. The zero-order valence-corrected chi connectivity index (χ0v) is 14.3. The summed E-state index contributed by atoms with van der Waals surface area (Å²) in [5.41, 5.74) is 0.895. The van der Waals surface area contributed by atoms with Crippen LogP contribution in [0.25, 0.3) is 5.82 Å². The molecule has 3 aliphatic carbocycles. The van der Waals surface area contributed by atoms with Crippen molar-refractivity contribution in [1.29, 1.82) is 0 Å². The van der Waals surface area contributed by atoms with Gasteiger partial charge in [-0.2, -0.15) is 5.10 Å². The second kappa shape index (κ2) is 5.43. The van der Waals surface area contributed by atoms with E-state index < -0.39 is 0 Å². The van der Waals surface area contributed by atoms with Gasteiger partial charge in [-0.15, -0.1) is 0 Å². The standard InChI is InChI=1S/C19H23N3O2/c1-12-15-9-14(19(15,2)3)10-16(12)24-18(23)13-5-6-17(20-11-13)22-8-4-7-21-22/h4-8,11-12,14-16H,9-10H2,1-3H3. The Kier molecular flexibility index (Phi) is 3.48. The minimum atomic E-state index is -0.273. The fourth-order valence-electron chi connectivity index (χ4n) is 4.51. The van der Waals surface area contributed by atoms with E-state index in [1.165, 1.54) is 6.42 Å². The molecule has 3 saturated carbocycles. The number of hydrogen-bond acceptors (Lipinski definition) is 4. The fraction of sp³-hybridized carbons (Fsp3) is 0.526. The third-order valence-electron chi connectivity index (χ3n) is 6.27. The Balaban J connectivity index is 1.44. The lowest BCUT2D eigenvalue weighted by Crippen LogP contribution is -2.57. The summed E-state index contributed by atoms with van der Waals surface area (Å²) in [6, 6.07) is 5.38. The molecule has 5 nitrogen and oxygen atoms in total. The molecule has 0 spiro atoms. The average Bonchev–Trinajstić information content (AvgIpc) is 3.10. The molecule has 0 amide bonds. The van der Waals surface area contributed by atoms with E-state index in [0.29, 0.717) is 34.6 Å². The van der Waals surface area contributed by atoms with E-state index in [9.17, 15) is 4.79 Å². The molecule has 0 saturated heterocycles. The Labute approximate surface area is 142 Å². The van der Waals surface area contributed by atoms with Crippen molar-refractivity contribution in [3.05, 3.63) is 42.4 Å². The van der Waals surface area contributed by atoms with E-state index in [2.05, 4.69) is 30.9 Å². The molecule has 24 heavy (non-hydrogen) atoms. The smallest absolute Gasteiger partial charge is 0.339 e. The number of pyridine rings is 1. The first-order valence-electron chi connectivity index (χ1n) is 8.64. The predicted octanol–water partition coefficient (Wildman–Crippen LogP) is 3.49. The van der Waals surface area contributed by atoms with Crippen LogP contribution in [0.5, 0.6) is 0 Å². The molecule has 0 aliphatic heterocycles. The number of fused-ring (bicyclic) bond motifs is 2. The SMILES string of the molecule is CC1C(OC(=O)c2ccc(-n3cccn3)nc2)CC2CC1C2(C)C. The predicted molar refractivity (Wildman–Crippen MR) is 89.7 cm³/mol. The molecule has 2 heterocycles. The molecule has 5 rings (SSSR count). The lowest BCUT2D eigenvalue weighted by molar-refractivity contribution is -0.156. The number of esters is 1. The number of rotatable bonds is 3. The summed E-state index contributed by atoms with van der Waals surface area (Å²) in [7, 11) is 0. The summed E-state index contributed by atoms with van der Waals surface area (Å²) < 4.78 is 7.47. The van der Waals surface area contributed by atoms with Crippen LogP contribution in [-0.2, 0) is 4.74 Å². The largest absolute Gasteiger partial charge is 0.458 e. The maximum Gasteiger partial charge on any atom is 0.339 e. The van der Waals surface area contributed by atoms with Crippen molar-refractivity contribution in [1.82, 2.24) is 14.8 Å². The first-order chi connectivity index (χ1) is 11.5. The Morgan fingerprint density at radius 3 is 2.75 bits per heavy atom. The molecule has 2 bridgehead atoms.